The lowest BCUT2D eigenvalue weighted by Gasteiger charge is -2.21. The molecule has 2 atom stereocenters. The number of likely N-dealkylation sites (tertiary alicyclic amines) is 1. The summed E-state index contributed by atoms with van der Waals surface area (Å²) < 4.78 is 0. The first-order valence-electron chi connectivity index (χ1n) is 5.96. The van der Waals surface area contributed by atoms with Crippen LogP contribution in [-0.4, -0.2) is 40.5 Å². The summed E-state index contributed by atoms with van der Waals surface area (Å²) in [5.74, 6) is -0.524. The summed E-state index contributed by atoms with van der Waals surface area (Å²) in [6.45, 7) is 0.129. The van der Waals surface area contributed by atoms with Gasteiger partial charge < -0.3 is 15.7 Å². The second-order valence-electron chi connectivity index (χ2n) is 4.60. The molecule has 0 aliphatic carbocycles. The molecule has 1 saturated heterocycles. The molecule has 1 aliphatic rings. The molecule has 2 rings (SSSR count). The fourth-order valence-corrected chi connectivity index (χ4v) is 2.39. The number of β-amino-alcohol motifs (C(OH)–C–C–N with tert-alkyl or cyclic N) is 1. The SMILES string of the molecule is NC(=O)C1CC(O)CN1C(=O)c1ccc(CCl)cc1. The Kier molecular flexibility index (Phi) is 4.07. The van der Waals surface area contributed by atoms with Crippen molar-refractivity contribution in [3.8, 4) is 0 Å². The molecule has 6 heteroatoms. The number of aliphatic hydroxyl groups excluding tert-OH is 1. The molecule has 1 aromatic carbocycles. The summed E-state index contributed by atoms with van der Waals surface area (Å²) in [6.07, 6.45) is -0.510. The molecule has 1 aromatic rings. The van der Waals surface area contributed by atoms with E-state index in [1.54, 1.807) is 24.3 Å². The topological polar surface area (TPSA) is 83.6 Å². The van der Waals surface area contributed by atoms with Crippen molar-refractivity contribution < 1.29 is 14.7 Å². The Hall–Kier alpha value is -1.59. The molecule has 19 heavy (non-hydrogen) atoms. The van der Waals surface area contributed by atoms with E-state index < -0.39 is 18.1 Å². The predicted octanol–water partition coefficient (Wildman–Crippen LogP) is 0.486. The van der Waals surface area contributed by atoms with Gasteiger partial charge in [-0.3, -0.25) is 9.59 Å². The number of halogens is 1. The molecule has 5 nitrogen and oxygen atoms in total. The molecule has 3 N–H and O–H groups in total. The monoisotopic (exact) mass is 282 g/mol. The minimum Gasteiger partial charge on any atom is -0.391 e. The van der Waals surface area contributed by atoms with E-state index in [2.05, 4.69) is 0 Å². The lowest BCUT2D eigenvalue weighted by molar-refractivity contribution is -0.121. The van der Waals surface area contributed by atoms with Gasteiger partial charge >= 0.3 is 0 Å². The average molecular weight is 283 g/mol. The van der Waals surface area contributed by atoms with Crippen LogP contribution in [0, 0.1) is 0 Å². The van der Waals surface area contributed by atoms with Crippen LogP contribution in [0.5, 0.6) is 0 Å². The van der Waals surface area contributed by atoms with E-state index in [0.29, 0.717) is 11.4 Å². The Morgan fingerprint density at radius 1 is 1.37 bits per heavy atom. The van der Waals surface area contributed by atoms with Gasteiger partial charge in [-0.2, -0.15) is 0 Å². The first kappa shape index (κ1) is 13.8. The number of nitrogens with two attached hydrogens (primary N) is 1. The third-order valence-corrected chi connectivity index (χ3v) is 3.53. The quantitative estimate of drug-likeness (QED) is 0.791. The van der Waals surface area contributed by atoms with E-state index in [-0.39, 0.29) is 18.9 Å². The number of nitrogens with zero attached hydrogens (tertiary/aromatic N) is 1. The number of carbonyl (C=O) groups is 2. The molecule has 0 radical (unpaired) electrons. The molecule has 1 heterocycles. The number of hydrogen-bond acceptors (Lipinski definition) is 3. The zero-order valence-corrected chi connectivity index (χ0v) is 11.0. The van der Waals surface area contributed by atoms with Gasteiger partial charge in [0.2, 0.25) is 5.91 Å². The van der Waals surface area contributed by atoms with Crippen molar-refractivity contribution in [2.45, 2.75) is 24.4 Å². The largest absolute Gasteiger partial charge is 0.391 e. The van der Waals surface area contributed by atoms with Gasteiger partial charge in [0, 0.05) is 24.4 Å². The van der Waals surface area contributed by atoms with Gasteiger partial charge in [0.15, 0.2) is 0 Å². The number of carbonyl (C=O) groups excluding carboxylic acids is 2. The molecule has 2 unspecified atom stereocenters. The van der Waals surface area contributed by atoms with Crippen LogP contribution in [0.4, 0.5) is 0 Å². The Labute approximate surface area is 116 Å². The van der Waals surface area contributed by atoms with Crippen LogP contribution in [0.1, 0.15) is 22.3 Å². The van der Waals surface area contributed by atoms with Crippen molar-refractivity contribution in [2.24, 2.45) is 5.73 Å². The Balaban J connectivity index is 2.20. The van der Waals surface area contributed by atoms with Gasteiger partial charge in [-0.05, 0) is 17.7 Å². The van der Waals surface area contributed by atoms with Crippen LogP contribution >= 0.6 is 11.6 Å². The number of amides is 2. The molecular formula is C13H15ClN2O3. The fraction of sp³-hybridized carbons (Fsp3) is 0.385. The summed E-state index contributed by atoms with van der Waals surface area (Å²) in [7, 11) is 0. The normalized spacial score (nSPS) is 22.5. The first-order valence-corrected chi connectivity index (χ1v) is 6.49. The summed E-state index contributed by atoms with van der Waals surface area (Å²) in [4.78, 5) is 24.9. The van der Waals surface area contributed by atoms with Crippen molar-refractivity contribution in [2.75, 3.05) is 6.54 Å². The number of rotatable bonds is 3. The number of primary amides is 1. The third-order valence-electron chi connectivity index (χ3n) is 3.22. The molecule has 2 amide bonds. The summed E-state index contributed by atoms with van der Waals surface area (Å²) in [5, 5.41) is 9.58. The van der Waals surface area contributed by atoms with Gasteiger partial charge in [0.1, 0.15) is 6.04 Å². The lowest BCUT2D eigenvalue weighted by atomic mass is 10.1. The van der Waals surface area contributed by atoms with Crippen molar-refractivity contribution >= 4 is 23.4 Å². The second kappa shape index (κ2) is 5.59. The van der Waals surface area contributed by atoms with E-state index in [1.807, 2.05) is 0 Å². The maximum absolute atomic E-state index is 12.3. The molecule has 0 spiro atoms. The van der Waals surface area contributed by atoms with Crippen LogP contribution in [0.25, 0.3) is 0 Å². The van der Waals surface area contributed by atoms with Crippen LogP contribution in [-0.2, 0) is 10.7 Å². The highest BCUT2D eigenvalue weighted by atomic mass is 35.5. The zero-order valence-electron chi connectivity index (χ0n) is 10.3. The summed E-state index contributed by atoms with van der Waals surface area (Å²) in [6, 6.07) is 6.08. The van der Waals surface area contributed by atoms with E-state index in [0.717, 1.165) is 5.56 Å². The lowest BCUT2D eigenvalue weighted by Crippen LogP contribution is -2.43. The van der Waals surface area contributed by atoms with E-state index >= 15 is 0 Å². The number of benzene rings is 1. The average Bonchev–Trinajstić information content (AvgIpc) is 2.80. The molecular weight excluding hydrogens is 268 g/mol. The first-order chi connectivity index (χ1) is 9.02. The molecule has 0 saturated carbocycles. The van der Waals surface area contributed by atoms with E-state index in [1.165, 1.54) is 4.90 Å². The Morgan fingerprint density at radius 3 is 2.53 bits per heavy atom. The van der Waals surface area contributed by atoms with Crippen LogP contribution < -0.4 is 5.73 Å². The fourth-order valence-electron chi connectivity index (χ4n) is 2.21. The highest BCUT2D eigenvalue weighted by molar-refractivity contribution is 6.17. The van der Waals surface area contributed by atoms with Crippen molar-refractivity contribution in [1.82, 2.24) is 4.90 Å². The standard InChI is InChI=1S/C13H15ClN2O3/c14-6-8-1-3-9(4-2-8)13(19)16-7-10(17)5-11(16)12(15)18/h1-4,10-11,17H,5-7H2,(H2,15,18). The minimum atomic E-state index is -0.741. The van der Waals surface area contributed by atoms with Gasteiger partial charge in [0.25, 0.3) is 5.91 Å². The number of alkyl halides is 1. The van der Waals surface area contributed by atoms with Crippen molar-refractivity contribution in [3.63, 3.8) is 0 Å². The smallest absolute Gasteiger partial charge is 0.254 e. The van der Waals surface area contributed by atoms with Gasteiger partial charge in [-0.15, -0.1) is 11.6 Å². The molecule has 0 bridgehead atoms. The van der Waals surface area contributed by atoms with Crippen molar-refractivity contribution in [3.05, 3.63) is 35.4 Å². The van der Waals surface area contributed by atoms with Crippen LogP contribution in [0.2, 0.25) is 0 Å². The zero-order chi connectivity index (χ0) is 14.0. The highest BCUT2D eigenvalue weighted by Gasteiger charge is 2.37. The van der Waals surface area contributed by atoms with Gasteiger partial charge in [-0.1, -0.05) is 12.1 Å². The second-order valence-corrected chi connectivity index (χ2v) is 4.86. The maximum atomic E-state index is 12.3. The van der Waals surface area contributed by atoms with Gasteiger partial charge in [-0.25, -0.2) is 0 Å². The van der Waals surface area contributed by atoms with Crippen LogP contribution in [0.3, 0.4) is 0 Å². The predicted molar refractivity (Wildman–Crippen MR) is 70.6 cm³/mol. The summed E-state index contributed by atoms with van der Waals surface area (Å²) in [5.41, 5.74) is 6.61. The van der Waals surface area contributed by atoms with Crippen molar-refractivity contribution in [1.29, 1.82) is 0 Å². The van der Waals surface area contributed by atoms with E-state index in [9.17, 15) is 14.7 Å². The minimum absolute atomic E-state index is 0.129. The molecule has 1 fully saturated rings. The van der Waals surface area contributed by atoms with Gasteiger partial charge in [0.05, 0.1) is 6.10 Å². The van der Waals surface area contributed by atoms with E-state index in [4.69, 9.17) is 17.3 Å². The molecule has 0 aromatic heterocycles. The maximum Gasteiger partial charge on any atom is 0.254 e. The third kappa shape index (κ3) is 2.88. The van der Waals surface area contributed by atoms with Crippen LogP contribution in [0.15, 0.2) is 24.3 Å². The Morgan fingerprint density at radius 2 is 2.00 bits per heavy atom. The molecule has 102 valence electrons. The number of aliphatic hydroxyl groups is 1. The number of hydrogen-bond donors (Lipinski definition) is 2. The highest BCUT2D eigenvalue weighted by Crippen LogP contribution is 2.20. The summed E-state index contributed by atoms with van der Waals surface area (Å²) >= 11 is 5.68. The molecule has 1 aliphatic heterocycles. The Bertz CT molecular complexity index is 489.